The number of aliphatic hydroxyl groups is 1. The van der Waals surface area contributed by atoms with Crippen molar-refractivity contribution in [3.8, 4) is 0 Å². The van der Waals surface area contributed by atoms with E-state index in [1.54, 1.807) is 11.8 Å². The molecule has 0 aromatic rings. The molecule has 0 aromatic heterocycles. The van der Waals surface area contributed by atoms with Crippen molar-refractivity contribution >= 4 is 17.7 Å². The highest BCUT2D eigenvalue weighted by atomic mass is 32.2. The van der Waals surface area contributed by atoms with Gasteiger partial charge in [-0.05, 0) is 25.6 Å². The second-order valence-corrected chi connectivity index (χ2v) is 5.57. The number of thioether (sulfide) groups is 1. The summed E-state index contributed by atoms with van der Waals surface area (Å²) in [7, 11) is 0. The minimum Gasteiger partial charge on any atom is -0.395 e. The Morgan fingerprint density at radius 2 is 2.31 bits per heavy atom. The molecule has 0 saturated carbocycles. The zero-order chi connectivity index (χ0) is 12.1. The maximum Gasteiger partial charge on any atom is 0.224 e. The molecular weight excluding hydrogens is 224 g/mol. The lowest BCUT2D eigenvalue weighted by Gasteiger charge is -2.24. The normalized spacial score (nSPS) is 28.8. The van der Waals surface area contributed by atoms with Gasteiger partial charge >= 0.3 is 0 Å². The van der Waals surface area contributed by atoms with Crippen LogP contribution in [0.3, 0.4) is 0 Å². The molecule has 0 radical (unpaired) electrons. The summed E-state index contributed by atoms with van der Waals surface area (Å²) < 4.78 is 0. The maximum atomic E-state index is 12.0. The van der Waals surface area contributed by atoms with Crippen LogP contribution in [0.2, 0.25) is 0 Å². The Bertz CT molecular complexity index is 234. The van der Waals surface area contributed by atoms with Crippen molar-refractivity contribution in [2.45, 2.75) is 25.1 Å². The summed E-state index contributed by atoms with van der Waals surface area (Å²) in [5, 5.41) is 15.4. The molecule has 0 aromatic carbocycles. The summed E-state index contributed by atoms with van der Waals surface area (Å²) in [5.41, 5.74) is 0. The quantitative estimate of drug-likeness (QED) is 0.642. The molecule has 94 valence electrons. The molecule has 4 atom stereocenters. The van der Waals surface area contributed by atoms with Crippen LogP contribution in [0.1, 0.15) is 13.8 Å². The first kappa shape index (κ1) is 13.8. The van der Waals surface area contributed by atoms with Crippen LogP contribution in [-0.2, 0) is 4.79 Å². The zero-order valence-electron chi connectivity index (χ0n) is 10.2. The minimum absolute atomic E-state index is 0.0142. The van der Waals surface area contributed by atoms with E-state index < -0.39 is 0 Å². The Morgan fingerprint density at radius 1 is 1.62 bits per heavy atom. The number of carbonyl (C=O) groups is 1. The summed E-state index contributed by atoms with van der Waals surface area (Å²) in [5.74, 6) is 0.579. The molecule has 1 aliphatic heterocycles. The number of aliphatic hydroxyl groups excluding tert-OH is 1. The topological polar surface area (TPSA) is 61.4 Å². The Hall–Kier alpha value is -0.260. The first-order chi connectivity index (χ1) is 7.60. The van der Waals surface area contributed by atoms with Crippen LogP contribution in [0, 0.1) is 11.8 Å². The largest absolute Gasteiger partial charge is 0.395 e. The van der Waals surface area contributed by atoms with E-state index in [1.807, 2.05) is 13.2 Å². The number of hydrogen-bond donors (Lipinski definition) is 3. The van der Waals surface area contributed by atoms with Gasteiger partial charge in [0, 0.05) is 17.8 Å². The van der Waals surface area contributed by atoms with Gasteiger partial charge in [0.1, 0.15) is 0 Å². The lowest BCUT2D eigenvalue weighted by Crippen LogP contribution is -2.45. The van der Waals surface area contributed by atoms with Crippen molar-refractivity contribution < 1.29 is 9.90 Å². The third-order valence-corrected chi connectivity index (χ3v) is 4.43. The molecule has 16 heavy (non-hydrogen) atoms. The summed E-state index contributed by atoms with van der Waals surface area (Å²) in [6.45, 7) is 5.82. The van der Waals surface area contributed by atoms with Crippen molar-refractivity contribution in [2.24, 2.45) is 11.8 Å². The van der Waals surface area contributed by atoms with Gasteiger partial charge in [0.2, 0.25) is 5.91 Å². The Labute approximate surface area is 102 Å². The van der Waals surface area contributed by atoms with Crippen molar-refractivity contribution in [1.82, 2.24) is 10.6 Å². The Morgan fingerprint density at radius 3 is 2.75 bits per heavy atom. The molecule has 0 spiro atoms. The highest BCUT2D eigenvalue weighted by molar-refractivity contribution is 7.99. The monoisotopic (exact) mass is 246 g/mol. The fraction of sp³-hybridized carbons (Fsp3) is 0.909. The molecule has 0 bridgehead atoms. The number of rotatable bonds is 5. The molecule has 1 heterocycles. The molecule has 1 rings (SSSR count). The second-order valence-electron chi connectivity index (χ2n) is 4.50. The smallest absolute Gasteiger partial charge is 0.224 e. The van der Waals surface area contributed by atoms with E-state index in [9.17, 15) is 4.79 Å². The summed E-state index contributed by atoms with van der Waals surface area (Å²) in [6, 6.07) is 0.0142. The van der Waals surface area contributed by atoms with Crippen molar-refractivity contribution in [3.05, 3.63) is 0 Å². The standard InChI is InChI=1S/C11H22N2O2S/c1-7-4-12-5-9(7)11(15)13-8(2)10(6-14)16-3/h7-10,12,14H,4-6H2,1-3H3,(H,13,15)/t7-,8?,9-,10?/m1/s1. The zero-order valence-corrected chi connectivity index (χ0v) is 11.0. The average molecular weight is 246 g/mol. The van der Waals surface area contributed by atoms with Crippen LogP contribution in [-0.4, -0.2) is 48.3 Å². The van der Waals surface area contributed by atoms with Gasteiger partial charge < -0.3 is 15.7 Å². The lowest BCUT2D eigenvalue weighted by atomic mass is 9.97. The minimum atomic E-state index is 0.0142. The van der Waals surface area contributed by atoms with E-state index >= 15 is 0 Å². The molecule has 3 N–H and O–H groups in total. The van der Waals surface area contributed by atoms with E-state index in [0.29, 0.717) is 5.92 Å². The number of nitrogens with one attached hydrogen (secondary N) is 2. The van der Waals surface area contributed by atoms with Crippen molar-refractivity contribution in [1.29, 1.82) is 0 Å². The predicted octanol–water partition coefficient (Wildman–Crippen LogP) is 0.0705. The third-order valence-electron chi connectivity index (χ3n) is 3.26. The number of carbonyl (C=O) groups excluding carboxylic acids is 1. The van der Waals surface area contributed by atoms with Gasteiger partial charge in [0.25, 0.3) is 0 Å². The second kappa shape index (κ2) is 6.47. The van der Waals surface area contributed by atoms with Gasteiger partial charge in [-0.25, -0.2) is 0 Å². The van der Waals surface area contributed by atoms with Gasteiger partial charge in [-0.1, -0.05) is 6.92 Å². The molecule has 4 nitrogen and oxygen atoms in total. The highest BCUT2D eigenvalue weighted by Crippen LogP contribution is 2.17. The summed E-state index contributed by atoms with van der Waals surface area (Å²) >= 11 is 1.58. The van der Waals surface area contributed by atoms with E-state index in [4.69, 9.17) is 5.11 Å². The average Bonchev–Trinajstić information content (AvgIpc) is 2.66. The molecule has 1 fully saturated rings. The molecule has 1 saturated heterocycles. The fourth-order valence-electron chi connectivity index (χ4n) is 2.02. The van der Waals surface area contributed by atoms with Crippen LogP contribution in [0.15, 0.2) is 0 Å². The third kappa shape index (κ3) is 3.37. The fourth-order valence-corrected chi connectivity index (χ4v) is 2.65. The molecule has 0 aliphatic carbocycles. The molecule has 1 amide bonds. The molecule has 5 heteroatoms. The maximum absolute atomic E-state index is 12.0. The first-order valence-electron chi connectivity index (χ1n) is 5.74. The van der Waals surface area contributed by atoms with Crippen LogP contribution in [0.4, 0.5) is 0 Å². The van der Waals surface area contributed by atoms with Crippen molar-refractivity contribution in [2.75, 3.05) is 26.0 Å². The SMILES string of the molecule is CSC(CO)C(C)NC(=O)[C@@H]1CNC[C@H]1C. The summed E-state index contributed by atoms with van der Waals surface area (Å²) in [4.78, 5) is 12.0. The molecular formula is C11H22N2O2S. The molecule has 1 aliphatic rings. The number of hydrogen-bond acceptors (Lipinski definition) is 4. The van der Waals surface area contributed by atoms with Gasteiger partial charge in [-0.2, -0.15) is 11.8 Å². The van der Waals surface area contributed by atoms with E-state index in [1.165, 1.54) is 0 Å². The lowest BCUT2D eigenvalue weighted by molar-refractivity contribution is -0.126. The highest BCUT2D eigenvalue weighted by Gasteiger charge is 2.31. The predicted molar refractivity (Wildman–Crippen MR) is 67.5 cm³/mol. The Balaban J connectivity index is 2.44. The number of amides is 1. The van der Waals surface area contributed by atoms with Crippen LogP contribution >= 0.6 is 11.8 Å². The van der Waals surface area contributed by atoms with Crippen LogP contribution in [0.25, 0.3) is 0 Å². The van der Waals surface area contributed by atoms with Gasteiger partial charge in [-0.3, -0.25) is 4.79 Å². The Kier molecular flexibility index (Phi) is 5.58. The van der Waals surface area contributed by atoms with E-state index in [0.717, 1.165) is 13.1 Å². The van der Waals surface area contributed by atoms with Gasteiger partial charge in [0.05, 0.1) is 12.5 Å². The van der Waals surface area contributed by atoms with Gasteiger partial charge in [0.15, 0.2) is 0 Å². The van der Waals surface area contributed by atoms with E-state index in [-0.39, 0.29) is 29.7 Å². The van der Waals surface area contributed by atoms with Crippen LogP contribution < -0.4 is 10.6 Å². The molecule has 2 unspecified atom stereocenters. The van der Waals surface area contributed by atoms with Gasteiger partial charge in [-0.15, -0.1) is 0 Å². The van der Waals surface area contributed by atoms with Crippen LogP contribution in [0.5, 0.6) is 0 Å². The first-order valence-corrected chi connectivity index (χ1v) is 7.03. The van der Waals surface area contributed by atoms with E-state index in [2.05, 4.69) is 17.6 Å². The van der Waals surface area contributed by atoms with Crippen molar-refractivity contribution in [3.63, 3.8) is 0 Å². The summed E-state index contributed by atoms with van der Waals surface area (Å²) in [6.07, 6.45) is 1.95.